The number of rotatable bonds is 2. The zero-order chi connectivity index (χ0) is 10.0. The van der Waals surface area contributed by atoms with E-state index in [1.165, 1.54) is 0 Å². The molecule has 72 valence electrons. The highest BCUT2D eigenvalue weighted by Gasteiger charge is 2.33. The number of carbonyl (C=O) groups excluding carboxylic acids is 2. The second-order valence-electron chi connectivity index (χ2n) is 3.11. The van der Waals surface area contributed by atoms with E-state index >= 15 is 0 Å². The van der Waals surface area contributed by atoms with Crippen molar-refractivity contribution < 1.29 is 9.59 Å². The third-order valence-corrected chi connectivity index (χ3v) is 2.53. The molecular formula is C8H11ClN2O2. The van der Waals surface area contributed by atoms with Gasteiger partial charge in [0.15, 0.2) is 0 Å². The van der Waals surface area contributed by atoms with Gasteiger partial charge in [0.2, 0.25) is 11.8 Å². The van der Waals surface area contributed by atoms with E-state index in [-0.39, 0.29) is 0 Å². The zero-order valence-electron chi connectivity index (χ0n) is 7.00. The van der Waals surface area contributed by atoms with E-state index in [4.69, 9.17) is 23.1 Å². The fourth-order valence-corrected chi connectivity index (χ4v) is 1.72. The molecule has 0 aromatic carbocycles. The summed E-state index contributed by atoms with van der Waals surface area (Å²) in [5.74, 6) is -2.06. The minimum atomic E-state index is -0.546. The molecule has 0 aromatic rings. The number of primary amides is 2. The first-order valence-electron chi connectivity index (χ1n) is 3.95. The molecule has 0 heterocycles. The Kier molecular flexibility index (Phi) is 2.93. The number of hydrogen-bond donors (Lipinski definition) is 2. The van der Waals surface area contributed by atoms with E-state index in [2.05, 4.69) is 0 Å². The smallest absolute Gasteiger partial charge is 0.221 e. The first-order chi connectivity index (χ1) is 6.02. The Morgan fingerprint density at radius 1 is 1.31 bits per heavy atom. The molecule has 13 heavy (non-hydrogen) atoms. The lowest BCUT2D eigenvalue weighted by atomic mass is 9.82. The van der Waals surface area contributed by atoms with Crippen LogP contribution >= 0.6 is 11.6 Å². The zero-order valence-corrected chi connectivity index (χ0v) is 7.75. The molecule has 1 rings (SSSR count). The largest absolute Gasteiger partial charge is 0.369 e. The Morgan fingerprint density at radius 2 is 1.85 bits per heavy atom. The van der Waals surface area contributed by atoms with Crippen molar-refractivity contribution in [2.45, 2.75) is 12.8 Å². The lowest BCUT2D eigenvalue weighted by Crippen LogP contribution is -2.38. The average molecular weight is 203 g/mol. The minimum absolute atomic E-state index is 0.324. The van der Waals surface area contributed by atoms with Gasteiger partial charge in [0, 0.05) is 5.03 Å². The molecule has 0 bridgehead atoms. The van der Waals surface area contributed by atoms with Crippen LogP contribution in [0.2, 0.25) is 0 Å². The topological polar surface area (TPSA) is 86.2 Å². The molecular weight excluding hydrogens is 192 g/mol. The van der Waals surface area contributed by atoms with Crippen molar-refractivity contribution in [3.05, 3.63) is 11.1 Å². The predicted octanol–water partition coefficient (Wildman–Crippen LogP) is 0.106. The third kappa shape index (κ3) is 2.21. The maximum Gasteiger partial charge on any atom is 0.221 e. The monoisotopic (exact) mass is 202 g/mol. The normalized spacial score (nSPS) is 27.9. The summed E-state index contributed by atoms with van der Waals surface area (Å²) >= 11 is 5.73. The van der Waals surface area contributed by atoms with Gasteiger partial charge in [-0.15, -0.1) is 0 Å². The van der Waals surface area contributed by atoms with Crippen LogP contribution in [0.25, 0.3) is 0 Å². The molecule has 0 spiro atoms. The van der Waals surface area contributed by atoms with Crippen LogP contribution in [0.5, 0.6) is 0 Å². The van der Waals surface area contributed by atoms with Crippen LogP contribution in [0.4, 0.5) is 0 Å². The molecule has 0 saturated carbocycles. The van der Waals surface area contributed by atoms with Gasteiger partial charge in [-0.3, -0.25) is 9.59 Å². The van der Waals surface area contributed by atoms with Gasteiger partial charge in [-0.1, -0.05) is 17.7 Å². The van der Waals surface area contributed by atoms with Crippen molar-refractivity contribution in [2.24, 2.45) is 23.3 Å². The van der Waals surface area contributed by atoms with Gasteiger partial charge in [-0.25, -0.2) is 0 Å². The van der Waals surface area contributed by atoms with Gasteiger partial charge < -0.3 is 11.5 Å². The number of hydrogen-bond acceptors (Lipinski definition) is 2. The van der Waals surface area contributed by atoms with Crippen LogP contribution in [0, 0.1) is 11.8 Å². The maximum atomic E-state index is 10.9. The molecule has 2 unspecified atom stereocenters. The number of carbonyl (C=O) groups is 2. The summed E-state index contributed by atoms with van der Waals surface area (Å²) in [6.45, 7) is 0. The highest BCUT2D eigenvalue weighted by atomic mass is 35.5. The lowest BCUT2D eigenvalue weighted by Gasteiger charge is -2.24. The highest BCUT2D eigenvalue weighted by molar-refractivity contribution is 6.29. The third-order valence-electron chi connectivity index (χ3n) is 2.22. The van der Waals surface area contributed by atoms with E-state index in [0.29, 0.717) is 17.9 Å². The molecule has 0 fully saturated rings. The van der Waals surface area contributed by atoms with Gasteiger partial charge in [-0.2, -0.15) is 0 Å². The van der Waals surface area contributed by atoms with Gasteiger partial charge in [0.25, 0.3) is 0 Å². The molecule has 0 aliphatic heterocycles. The average Bonchev–Trinajstić information content (AvgIpc) is 2.03. The van der Waals surface area contributed by atoms with Crippen molar-refractivity contribution in [3.63, 3.8) is 0 Å². The standard InChI is InChI=1S/C8H11ClN2O2/c9-4-1-2-5(7(10)12)6(3-4)8(11)13/h1,5-6H,2-3H2,(H2,10,12)(H2,11,13). The second kappa shape index (κ2) is 3.79. The van der Waals surface area contributed by atoms with Crippen LogP contribution < -0.4 is 11.5 Å². The molecule has 1 aliphatic carbocycles. The van der Waals surface area contributed by atoms with Gasteiger partial charge in [0.1, 0.15) is 0 Å². The molecule has 0 radical (unpaired) electrons. The summed E-state index contributed by atoms with van der Waals surface area (Å²) in [5, 5.41) is 0.571. The van der Waals surface area contributed by atoms with E-state index in [0.717, 1.165) is 0 Å². The molecule has 0 saturated heterocycles. The number of nitrogens with two attached hydrogens (primary N) is 2. The van der Waals surface area contributed by atoms with Crippen LogP contribution in [0.1, 0.15) is 12.8 Å². The first-order valence-corrected chi connectivity index (χ1v) is 4.33. The quantitative estimate of drug-likeness (QED) is 0.666. The van der Waals surface area contributed by atoms with Crippen LogP contribution in [-0.4, -0.2) is 11.8 Å². The van der Waals surface area contributed by atoms with Gasteiger partial charge in [-0.05, 0) is 12.8 Å². The van der Waals surface area contributed by atoms with E-state index in [9.17, 15) is 9.59 Å². The Labute approximate surface area is 80.9 Å². The number of amides is 2. The van der Waals surface area contributed by atoms with Gasteiger partial charge >= 0.3 is 0 Å². The van der Waals surface area contributed by atoms with Crippen molar-refractivity contribution in [1.82, 2.24) is 0 Å². The SMILES string of the molecule is NC(=O)C1CC=C(Cl)CC1C(N)=O. The lowest BCUT2D eigenvalue weighted by molar-refractivity contribution is -0.131. The molecule has 2 atom stereocenters. The predicted molar refractivity (Wildman–Crippen MR) is 48.5 cm³/mol. The summed E-state index contributed by atoms with van der Waals surface area (Å²) in [4.78, 5) is 21.9. The van der Waals surface area contributed by atoms with Gasteiger partial charge in [0.05, 0.1) is 11.8 Å². The van der Waals surface area contributed by atoms with Crippen LogP contribution in [0.3, 0.4) is 0 Å². The summed E-state index contributed by atoms with van der Waals surface area (Å²) in [6.07, 6.45) is 2.43. The van der Waals surface area contributed by atoms with Crippen molar-refractivity contribution in [2.75, 3.05) is 0 Å². The molecule has 4 N–H and O–H groups in total. The molecule has 0 aromatic heterocycles. The fourth-order valence-electron chi connectivity index (χ4n) is 1.47. The highest BCUT2D eigenvalue weighted by Crippen LogP contribution is 2.30. The summed E-state index contributed by atoms with van der Waals surface area (Å²) < 4.78 is 0. The Morgan fingerprint density at radius 3 is 2.31 bits per heavy atom. The van der Waals surface area contributed by atoms with E-state index in [1.807, 2.05) is 0 Å². The molecule has 1 aliphatic rings. The van der Waals surface area contributed by atoms with Crippen molar-refractivity contribution in [3.8, 4) is 0 Å². The van der Waals surface area contributed by atoms with Crippen molar-refractivity contribution in [1.29, 1.82) is 0 Å². The molecule has 4 nitrogen and oxygen atoms in total. The van der Waals surface area contributed by atoms with Crippen LogP contribution in [0.15, 0.2) is 11.1 Å². The first kappa shape index (κ1) is 10.1. The second-order valence-corrected chi connectivity index (χ2v) is 3.59. The maximum absolute atomic E-state index is 10.9. The summed E-state index contributed by atoms with van der Waals surface area (Å²) in [5.41, 5.74) is 10.2. The summed E-state index contributed by atoms with van der Waals surface area (Å²) in [7, 11) is 0. The van der Waals surface area contributed by atoms with E-state index < -0.39 is 23.7 Å². The Bertz CT molecular complexity index is 275. The fraction of sp³-hybridized carbons (Fsp3) is 0.500. The summed E-state index contributed by atoms with van der Waals surface area (Å²) in [6, 6.07) is 0. The number of halogens is 1. The number of allylic oxidation sites excluding steroid dienone is 2. The van der Waals surface area contributed by atoms with Crippen LogP contribution in [-0.2, 0) is 9.59 Å². The molecule has 2 amide bonds. The Balaban J connectivity index is 2.83. The Hall–Kier alpha value is -1.03. The van der Waals surface area contributed by atoms with E-state index in [1.54, 1.807) is 6.08 Å². The minimum Gasteiger partial charge on any atom is -0.369 e. The molecule has 5 heteroatoms. The van der Waals surface area contributed by atoms with Crippen molar-refractivity contribution >= 4 is 23.4 Å².